The Morgan fingerprint density at radius 3 is 2.29 bits per heavy atom. The number of amides is 1. The zero-order valence-electron chi connectivity index (χ0n) is 19.0. The van der Waals surface area contributed by atoms with E-state index in [1.165, 1.54) is 12.8 Å². The summed E-state index contributed by atoms with van der Waals surface area (Å²) in [6, 6.07) is 9.41. The maximum atomic E-state index is 11.6. The molecular weight excluding hydrogens is 392 g/mol. The highest BCUT2D eigenvalue weighted by atomic mass is 16.5. The van der Waals surface area contributed by atoms with Crippen LogP contribution in [0.1, 0.15) is 55.8 Å². The van der Waals surface area contributed by atoms with Crippen molar-refractivity contribution in [1.29, 1.82) is 0 Å². The van der Waals surface area contributed by atoms with Crippen molar-refractivity contribution >= 4 is 12.2 Å². The second kappa shape index (κ2) is 12.9. The van der Waals surface area contributed by atoms with Crippen molar-refractivity contribution in [2.45, 2.75) is 33.1 Å². The van der Waals surface area contributed by atoms with Crippen molar-refractivity contribution in [3.63, 3.8) is 0 Å². The fourth-order valence-corrected chi connectivity index (χ4v) is 3.36. The van der Waals surface area contributed by atoms with Crippen LogP contribution in [0.5, 0.6) is 5.75 Å². The molecule has 1 aliphatic rings. The van der Waals surface area contributed by atoms with E-state index in [4.69, 9.17) is 9.47 Å². The van der Waals surface area contributed by atoms with Crippen LogP contribution in [0.2, 0.25) is 0 Å². The lowest BCUT2D eigenvalue weighted by Gasteiger charge is -2.17. The lowest BCUT2D eigenvalue weighted by Crippen LogP contribution is -2.17. The van der Waals surface area contributed by atoms with E-state index in [1.807, 2.05) is 51.2 Å². The highest BCUT2D eigenvalue weighted by Crippen LogP contribution is 2.29. The maximum absolute atomic E-state index is 11.6. The average Bonchev–Trinajstić information content (AvgIpc) is 3.38. The highest BCUT2D eigenvalue weighted by molar-refractivity contribution is 5.93. The van der Waals surface area contributed by atoms with Gasteiger partial charge in [-0.15, -0.1) is 0 Å². The number of carbonyl (C=O) groups excluding carboxylic acids is 2. The van der Waals surface area contributed by atoms with Crippen LogP contribution in [-0.4, -0.2) is 52.7 Å². The van der Waals surface area contributed by atoms with Crippen LogP contribution in [-0.2, 0) is 11.2 Å². The Hall–Kier alpha value is -2.70. The van der Waals surface area contributed by atoms with Crippen molar-refractivity contribution in [2.75, 3.05) is 40.5 Å². The number of aldehydes is 1. The summed E-state index contributed by atoms with van der Waals surface area (Å²) in [6.07, 6.45) is 4.09. The molecule has 6 nitrogen and oxygen atoms in total. The molecule has 0 bridgehead atoms. The molecule has 0 spiro atoms. The van der Waals surface area contributed by atoms with Crippen molar-refractivity contribution in [1.82, 2.24) is 10.6 Å². The van der Waals surface area contributed by atoms with Gasteiger partial charge in [0.25, 0.3) is 5.91 Å². The molecule has 0 aromatic heterocycles. The summed E-state index contributed by atoms with van der Waals surface area (Å²) in [5.74, 6) is 0.557. The van der Waals surface area contributed by atoms with Crippen LogP contribution in [0.4, 0.5) is 0 Å². The van der Waals surface area contributed by atoms with E-state index in [1.54, 1.807) is 7.05 Å². The summed E-state index contributed by atoms with van der Waals surface area (Å²) in [6.45, 7) is 7.26. The Morgan fingerprint density at radius 1 is 1.10 bits per heavy atom. The van der Waals surface area contributed by atoms with Gasteiger partial charge < -0.3 is 20.1 Å². The Bertz CT molecular complexity index is 851. The SMILES string of the molecule is C1CCOC1.CNCCOc1c(C=O)cc(Cc2ccc(C(=O)NC)cc2)c(C)c1C. The predicted octanol–water partition coefficient (Wildman–Crippen LogP) is 3.46. The van der Waals surface area contributed by atoms with Gasteiger partial charge in [0.1, 0.15) is 12.4 Å². The quantitative estimate of drug-likeness (QED) is 0.499. The van der Waals surface area contributed by atoms with E-state index in [0.717, 1.165) is 48.3 Å². The molecule has 0 saturated carbocycles. The zero-order valence-corrected chi connectivity index (χ0v) is 19.0. The molecule has 1 fully saturated rings. The van der Waals surface area contributed by atoms with Crippen LogP contribution in [0, 0.1) is 13.8 Å². The minimum atomic E-state index is -0.102. The molecule has 168 valence electrons. The maximum Gasteiger partial charge on any atom is 0.251 e. The summed E-state index contributed by atoms with van der Waals surface area (Å²) in [5, 5.41) is 5.64. The fraction of sp³-hybridized carbons (Fsp3) is 0.440. The molecule has 1 aliphatic heterocycles. The second-order valence-corrected chi connectivity index (χ2v) is 7.55. The van der Waals surface area contributed by atoms with Gasteiger partial charge in [-0.2, -0.15) is 0 Å². The molecule has 0 atom stereocenters. The topological polar surface area (TPSA) is 76.7 Å². The molecule has 2 aromatic rings. The van der Waals surface area contributed by atoms with Crippen LogP contribution >= 0.6 is 0 Å². The van der Waals surface area contributed by atoms with E-state index >= 15 is 0 Å². The van der Waals surface area contributed by atoms with Crippen LogP contribution < -0.4 is 15.4 Å². The number of rotatable bonds is 8. The van der Waals surface area contributed by atoms with Gasteiger partial charge in [0.2, 0.25) is 0 Å². The van der Waals surface area contributed by atoms with Gasteiger partial charge in [0, 0.05) is 32.4 Å². The standard InChI is InChI=1S/C21H26N2O3.C4H8O/c1-14-15(2)20(26-10-9-22-3)19(13-24)12-18(14)11-16-5-7-17(8-6-16)21(25)23-4;1-2-4-5-3-1/h5-8,12-13,22H,9-11H2,1-4H3,(H,23,25);1-4H2. The molecule has 1 heterocycles. The van der Waals surface area contributed by atoms with Gasteiger partial charge in [-0.3, -0.25) is 9.59 Å². The van der Waals surface area contributed by atoms with Gasteiger partial charge in [-0.05, 0) is 80.6 Å². The first-order valence-electron chi connectivity index (χ1n) is 10.8. The van der Waals surface area contributed by atoms with E-state index < -0.39 is 0 Å². The second-order valence-electron chi connectivity index (χ2n) is 7.55. The van der Waals surface area contributed by atoms with E-state index in [9.17, 15) is 9.59 Å². The first-order valence-corrected chi connectivity index (χ1v) is 10.8. The third-order valence-corrected chi connectivity index (χ3v) is 5.37. The molecule has 0 unspecified atom stereocenters. The normalized spacial score (nSPS) is 12.6. The average molecular weight is 427 g/mol. The number of ether oxygens (including phenoxy) is 2. The summed E-state index contributed by atoms with van der Waals surface area (Å²) in [5.41, 5.74) is 5.47. The zero-order chi connectivity index (χ0) is 22.6. The molecule has 1 saturated heterocycles. The summed E-state index contributed by atoms with van der Waals surface area (Å²) in [7, 11) is 3.48. The largest absolute Gasteiger partial charge is 0.491 e. The third-order valence-electron chi connectivity index (χ3n) is 5.37. The van der Waals surface area contributed by atoms with Gasteiger partial charge in [0.05, 0.1) is 5.56 Å². The lowest BCUT2D eigenvalue weighted by atomic mass is 9.93. The first-order chi connectivity index (χ1) is 15.0. The molecular formula is C25H34N2O4. The Morgan fingerprint density at radius 2 is 1.77 bits per heavy atom. The number of likely N-dealkylation sites (N-methyl/N-ethyl adjacent to an activating group) is 1. The third kappa shape index (κ3) is 7.19. The summed E-state index contributed by atoms with van der Waals surface area (Å²) in [4.78, 5) is 23.2. The summed E-state index contributed by atoms with van der Waals surface area (Å²) < 4.78 is 10.7. The monoisotopic (exact) mass is 426 g/mol. The number of hydrogen-bond donors (Lipinski definition) is 2. The Kier molecular flexibility index (Phi) is 10.2. The number of nitrogens with one attached hydrogen (secondary N) is 2. The highest BCUT2D eigenvalue weighted by Gasteiger charge is 2.14. The van der Waals surface area contributed by atoms with Gasteiger partial charge in [-0.1, -0.05) is 12.1 Å². The minimum Gasteiger partial charge on any atom is -0.491 e. The van der Waals surface area contributed by atoms with Gasteiger partial charge in [0.15, 0.2) is 6.29 Å². The van der Waals surface area contributed by atoms with Gasteiger partial charge >= 0.3 is 0 Å². The van der Waals surface area contributed by atoms with Crippen LogP contribution in [0.3, 0.4) is 0 Å². The Balaban J connectivity index is 0.000000597. The molecule has 3 rings (SSSR count). The molecule has 31 heavy (non-hydrogen) atoms. The lowest BCUT2D eigenvalue weighted by molar-refractivity contribution is 0.0962. The molecule has 6 heteroatoms. The first kappa shape index (κ1) is 24.6. The predicted molar refractivity (Wildman–Crippen MR) is 123 cm³/mol. The van der Waals surface area contributed by atoms with E-state index in [0.29, 0.717) is 29.9 Å². The number of hydrogen-bond acceptors (Lipinski definition) is 5. The molecule has 2 N–H and O–H groups in total. The van der Waals surface area contributed by atoms with Crippen molar-refractivity contribution in [2.24, 2.45) is 0 Å². The van der Waals surface area contributed by atoms with Gasteiger partial charge in [-0.25, -0.2) is 0 Å². The minimum absolute atomic E-state index is 0.102. The van der Waals surface area contributed by atoms with E-state index in [2.05, 4.69) is 10.6 Å². The number of benzene rings is 2. The van der Waals surface area contributed by atoms with E-state index in [-0.39, 0.29) is 5.91 Å². The van der Waals surface area contributed by atoms with Crippen molar-refractivity contribution in [3.05, 3.63) is 63.7 Å². The van der Waals surface area contributed by atoms with Crippen molar-refractivity contribution < 1.29 is 19.1 Å². The molecule has 0 aliphatic carbocycles. The van der Waals surface area contributed by atoms with Crippen molar-refractivity contribution in [3.8, 4) is 5.75 Å². The Labute approximate surface area is 185 Å². The summed E-state index contributed by atoms with van der Waals surface area (Å²) >= 11 is 0. The smallest absolute Gasteiger partial charge is 0.251 e. The molecule has 0 radical (unpaired) electrons. The fourth-order valence-electron chi connectivity index (χ4n) is 3.36. The van der Waals surface area contributed by atoms with Crippen LogP contribution in [0.15, 0.2) is 30.3 Å². The van der Waals surface area contributed by atoms with Crippen LogP contribution in [0.25, 0.3) is 0 Å². The number of carbonyl (C=O) groups is 2. The molecule has 2 aromatic carbocycles. The molecule has 1 amide bonds.